The summed E-state index contributed by atoms with van der Waals surface area (Å²) >= 11 is 1.38. The Balaban J connectivity index is 1.74. The molecule has 3 rings (SSSR count). The van der Waals surface area contributed by atoms with Gasteiger partial charge in [0, 0.05) is 12.4 Å². The first-order valence-corrected chi connectivity index (χ1v) is 8.05. The van der Waals surface area contributed by atoms with Gasteiger partial charge in [0.2, 0.25) is 0 Å². The molecule has 1 aromatic carbocycles. The number of benzene rings is 1. The normalized spacial score (nSPS) is 21.9. The fourth-order valence-electron chi connectivity index (χ4n) is 2.37. The van der Waals surface area contributed by atoms with Crippen LogP contribution in [0.4, 0.5) is 4.39 Å². The highest BCUT2D eigenvalue weighted by Crippen LogP contribution is 2.42. The van der Waals surface area contributed by atoms with E-state index in [0.29, 0.717) is 5.17 Å². The third-order valence-electron chi connectivity index (χ3n) is 3.83. The van der Waals surface area contributed by atoms with Crippen molar-refractivity contribution < 1.29 is 9.18 Å². The van der Waals surface area contributed by atoms with E-state index in [9.17, 15) is 9.18 Å². The van der Waals surface area contributed by atoms with Gasteiger partial charge in [0.15, 0.2) is 5.17 Å². The molecule has 1 unspecified atom stereocenters. The Morgan fingerprint density at radius 3 is 2.65 bits per heavy atom. The Morgan fingerprint density at radius 2 is 2.00 bits per heavy atom. The number of aromatic nitrogens is 1. The maximum absolute atomic E-state index is 13.0. The number of carbonyl (C=O) groups is 1. The van der Waals surface area contributed by atoms with Crippen molar-refractivity contribution in [1.82, 2.24) is 10.3 Å². The molecular weight excluding hydrogens is 313 g/mol. The van der Waals surface area contributed by atoms with E-state index >= 15 is 0 Å². The van der Waals surface area contributed by atoms with E-state index in [0.717, 1.165) is 11.1 Å². The second-order valence-electron chi connectivity index (χ2n) is 5.52. The average molecular weight is 329 g/mol. The van der Waals surface area contributed by atoms with Crippen molar-refractivity contribution in [2.24, 2.45) is 4.99 Å². The van der Waals surface area contributed by atoms with E-state index < -0.39 is 4.75 Å². The summed E-state index contributed by atoms with van der Waals surface area (Å²) in [6, 6.07) is 9.88. The fraction of sp³-hybridized carbons (Fsp3) is 0.235. The smallest absolute Gasteiger partial charge is 0.269 e. The number of amides is 1. The Kier molecular flexibility index (Phi) is 4.17. The van der Waals surface area contributed by atoms with Gasteiger partial charge in [0.05, 0.1) is 6.04 Å². The quantitative estimate of drug-likeness (QED) is 0.937. The fourth-order valence-corrected chi connectivity index (χ4v) is 3.49. The van der Waals surface area contributed by atoms with Crippen LogP contribution in [0.25, 0.3) is 0 Å². The minimum Gasteiger partial charge on any atom is -0.358 e. The Morgan fingerprint density at radius 1 is 1.26 bits per heavy atom. The molecule has 0 aliphatic carbocycles. The van der Waals surface area contributed by atoms with Crippen molar-refractivity contribution in [3.8, 4) is 0 Å². The topological polar surface area (TPSA) is 54.4 Å². The van der Waals surface area contributed by atoms with Crippen LogP contribution < -0.4 is 5.32 Å². The number of halogens is 1. The number of hydrogen-bond acceptors (Lipinski definition) is 4. The van der Waals surface area contributed by atoms with Crippen molar-refractivity contribution in [2.45, 2.75) is 24.6 Å². The lowest BCUT2D eigenvalue weighted by atomic mass is 10.0. The first-order valence-electron chi connectivity index (χ1n) is 7.24. The van der Waals surface area contributed by atoms with Gasteiger partial charge in [0.1, 0.15) is 10.6 Å². The molecule has 0 radical (unpaired) electrons. The van der Waals surface area contributed by atoms with E-state index in [-0.39, 0.29) is 17.8 Å². The third-order valence-corrected chi connectivity index (χ3v) is 5.06. The second-order valence-corrected chi connectivity index (χ2v) is 6.92. The average Bonchev–Trinajstić information content (AvgIpc) is 2.84. The summed E-state index contributed by atoms with van der Waals surface area (Å²) in [5.74, 6) is -0.475. The third kappa shape index (κ3) is 3.12. The molecule has 1 aromatic heterocycles. The van der Waals surface area contributed by atoms with E-state index in [1.165, 1.54) is 23.9 Å². The number of nitrogens with zero attached hydrogens (tertiary/aromatic N) is 2. The molecule has 4 nitrogen and oxygen atoms in total. The Labute approximate surface area is 138 Å². The van der Waals surface area contributed by atoms with Crippen LogP contribution >= 0.6 is 11.8 Å². The van der Waals surface area contributed by atoms with Gasteiger partial charge in [-0.05, 0) is 43.2 Å². The molecule has 2 atom stereocenters. The highest BCUT2D eigenvalue weighted by molar-refractivity contribution is 8.15. The molecule has 6 heteroatoms. The lowest BCUT2D eigenvalue weighted by molar-refractivity contribution is -0.119. The predicted molar refractivity (Wildman–Crippen MR) is 89.6 cm³/mol. The molecule has 0 fully saturated rings. The van der Waals surface area contributed by atoms with E-state index in [4.69, 9.17) is 0 Å². The van der Waals surface area contributed by atoms with Crippen LogP contribution in [0.3, 0.4) is 0 Å². The van der Waals surface area contributed by atoms with Crippen molar-refractivity contribution in [1.29, 1.82) is 0 Å². The molecule has 2 heterocycles. The molecule has 1 aliphatic heterocycles. The van der Waals surface area contributed by atoms with Gasteiger partial charge < -0.3 is 5.32 Å². The SMILES string of the molecule is C[C@H](NC1=NC(=O)C(C)(c2cccnc2)S1)c1ccc(F)cc1. The number of thioether (sulfide) groups is 1. The van der Waals surface area contributed by atoms with Gasteiger partial charge in [-0.1, -0.05) is 30.0 Å². The predicted octanol–water partition coefficient (Wildman–Crippen LogP) is 3.42. The summed E-state index contributed by atoms with van der Waals surface area (Å²) in [5, 5.41) is 3.79. The van der Waals surface area contributed by atoms with Gasteiger partial charge >= 0.3 is 0 Å². The lowest BCUT2D eigenvalue weighted by Crippen LogP contribution is -2.26. The van der Waals surface area contributed by atoms with Crippen molar-refractivity contribution in [3.05, 3.63) is 65.7 Å². The highest BCUT2D eigenvalue weighted by Gasteiger charge is 2.43. The number of hydrogen-bond donors (Lipinski definition) is 1. The van der Waals surface area contributed by atoms with E-state index in [2.05, 4.69) is 15.3 Å². The van der Waals surface area contributed by atoms with Crippen LogP contribution in [-0.4, -0.2) is 16.1 Å². The van der Waals surface area contributed by atoms with Crippen molar-refractivity contribution >= 4 is 22.8 Å². The van der Waals surface area contributed by atoms with Gasteiger partial charge in [-0.2, -0.15) is 4.99 Å². The first kappa shape index (κ1) is 15.7. The van der Waals surface area contributed by atoms with Gasteiger partial charge in [-0.25, -0.2) is 4.39 Å². The van der Waals surface area contributed by atoms with Gasteiger partial charge in [0.25, 0.3) is 5.91 Å². The molecule has 1 aliphatic rings. The lowest BCUT2D eigenvalue weighted by Gasteiger charge is -2.21. The number of rotatable bonds is 3. The summed E-state index contributed by atoms with van der Waals surface area (Å²) in [4.78, 5) is 20.6. The summed E-state index contributed by atoms with van der Waals surface area (Å²) < 4.78 is 12.2. The minimum atomic E-state index is -0.765. The number of nitrogens with one attached hydrogen (secondary N) is 1. The van der Waals surface area contributed by atoms with Crippen LogP contribution in [0, 0.1) is 5.82 Å². The summed E-state index contributed by atoms with van der Waals surface area (Å²) in [6.45, 7) is 3.79. The zero-order valence-corrected chi connectivity index (χ0v) is 13.6. The molecule has 118 valence electrons. The molecule has 1 amide bonds. The van der Waals surface area contributed by atoms with Crippen LogP contribution in [-0.2, 0) is 9.54 Å². The minimum absolute atomic E-state index is 0.0779. The second kappa shape index (κ2) is 6.12. The molecule has 0 spiro atoms. The maximum atomic E-state index is 13.0. The summed E-state index contributed by atoms with van der Waals surface area (Å²) in [5.41, 5.74) is 1.75. The highest BCUT2D eigenvalue weighted by atomic mass is 32.2. The zero-order chi connectivity index (χ0) is 16.4. The van der Waals surface area contributed by atoms with Crippen LogP contribution in [0.1, 0.15) is 31.0 Å². The standard InChI is InChI=1S/C17H16FN3OS/c1-11(12-5-7-14(18)8-6-12)20-16-21-15(22)17(2,23-16)13-4-3-9-19-10-13/h3-11H,1-2H3,(H,20,21,22)/t11-,17?/m0/s1. The van der Waals surface area contributed by atoms with E-state index in [1.807, 2.05) is 19.9 Å². The summed E-state index contributed by atoms with van der Waals surface area (Å²) in [7, 11) is 0. The molecule has 2 aromatic rings. The van der Waals surface area contributed by atoms with Gasteiger partial charge in [-0.15, -0.1) is 0 Å². The Bertz CT molecular complexity index is 748. The Hall–Kier alpha value is -2.21. The molecule has 0 bridgehead atoms. The van der Waals surface area contributed by atoms with Crippen LogP contribution in [0.15, 0.2) is 53.8 Å². The molecule has 23 heavy (non-hydrogen) atoms. The van der Waals surface area contributed by atoms with Crippen LogP contribution in [0.5, 0.6) is 0 Å². The summed E-state index contributed by atoms with van der Waals surface area (Å²) in [6.07, 6.45) is 3.36. The van der Waals surface area contributed by atoms with E-state index in [1.54, 1.807) is 30.6 Å². The molecule has 0 saturated heterocycles. The molecule has 1 N–H and O–H groups in total. The number of aliphatic imine (C=N–C) groups is 1. The first-order chi connectivity index (χ1) is 11.0. The van der Waals surface area contributed by atoms with Gasteiger partial charge in [-0.3, -0.25) is 9.78 Å². The number of carbonyl (C=O) groups excluding carboxylic acids is 1. The zero-order valence-electron chi connectivity index (χ0n) is 12.8. The monoisotopic (exact) mass is 329 g/mol. The number of amidine groups is 1. The largest absolute Gasteiger partial charge is 0.358 e. The van der Waals surface area contributed by atoms with Crippen LogP contribution in [0.2, 0.25) is 0 Å². The maximum Gasteiger partial charge on any atom is 0.269 e. The molecular formula is C17H16FN3OS. The van der Waals surface area contributed by atoms with Crippen molar-refractivity contribution in [2.75, 3.05) is 0 Å². The molecule has 0 saturated carbocycles. The van der Waals surface area contributed by atoms with Crippen molar-refractivity contribution in [3.63, 3.8) is 0 Å². The number of pyridine rings is 1.